The van der Waals surface area contributed by atoms with Gasteiger partial charge in [0.2, 0.25) is 5.91 Å². The van der Waals surface area contributed by atoms with Crippen molar-refractivity contribution in [3.63, 3.8) is 0 Å². The maximum absolute atomic E-state index is 13.1. The Bertz CT molecular complexity index is 757. The molecular formula is C44H85NO5. The first-order valence-corrected chi connectivity index (χ1v) is 21.9. The second kappa shape index (κ2) is 38.8. The molecule has 0 aromatic rings. The van der Waals surface area contributed by atoms with Crippen LogP contribution in [0.15, 0.2) is 12.2 Å². The molecule has 3 N–H and O–H groups in total. The second-order valence-electron chi connectivity index (χ2n) is 15.1. The van der Waals surface area contributed by atoms with Gasteiger partial charge in [0.25, 0.3) is 0 Å². The average Bonchev–Trinajstić information content (AvgIpc) is 3.10. The van der Waals surface area contributed by atoms with Crippen LogP contribution in [0.5, 0.6) is 0 Å². The van der Waals surface area contributed by atoms with E-state index in [4.69, 9.17) is 4.74 Å². The van der Waals surface area contributed by atoms with Crippen LogP contribution in [0.3, 0.4) is 0 Å². The van der Waals surface area contributed by atoms with Gasteiger partial charge in [-0.3, -0.25) is 9.59 Å². The zero-order chi connectivity index (χ0) is 36.8. The van der Waals surface area contributed by atoms with E-state index in [1.54, 1.807) is 0 Å². The number of allylic oxidation sites excluding steroid dienone is 2. The number of carbonyl (C=O) groups is 2. The molecule has 0 saturated carbocycles. The Balaban J connectivity index is 4.53. The number of aliphatic hydroxyl groups is 2. The number of carbonyl (C=O) groups excluding carboxylic acids is 2. The van der Waals surface area contributed by atoms with Crippen molar-refractivity contribution in [1.82, 2.24) is 5.32 Å². The summed E-state index contributed by atoms with van der Waals surface area (Å²) in [4.78, 5) is 25.8. The van der Waals surface area contributed by atoms with Gasteiger partial charge in [0.1, 0.15) is 6.10 Å². The molecule has 0 rings (SSSR count). The molecule has 6 nitrogen and oxygen atoms in total. The molecule has 0 aliphatic carbocycles. The SMILES string of the molecule is CCCC/C=C\CCCCCC(CC(=O)NC(CO)C(O)CCCCCCCCCCCCCC)OC(=O)CCCCCCCCCCCC. The van der Waals surface area contributed by atoms with Gasteiger partial charge >= 0.3 is 5.97 Å². The number of rotatable bonds is 39. The van der Waals surface area contributed by atoms with E-state index >= 15 is 0 Å². The summed E-state index contributed by atoms with van der Waals surface area (Å²) in [5.74, 6) is -0.486. The lowest BCUT2D eigenvalue weighted by atomic mass is 10.0. The smallest absolute Gasteiger partial charge is 0.306 e. The summed E-state index contributed by atoms with van der Waals surface area (Å²) in [6.45, 7) is 6.41. The maximum atomic E-state index is 13.1. The van der Waals surface area contributed by atoms with Crippen LogP contribution in [0.25, 0.3) is 0 Å². The van der Waals surface area contributed by atoms with Crippen molar-refractivity contribution >= 4 is 11.9 Å². The van der Waals surface area contributed by atoms with E-state index in [2.05, 4.69) is 38.2 Å². The molecule has 0 spiro atoms. The summed E-state index contributed by atoms with van der Waals surface area (Å²) in [6, 6.07) is -0.697. The van der Waals surface area contributed by atoms with Gasteiger partial charge in [0.15, 0.2) is 0 Å². The third kappa shape index (κ3) is 33.7. The molecule has 0 aliphatic rings. The van der Waals surface area contributed by atoms with E-state index in [0.29, 0.717) is 19.3 Å². The molecule has 0 aromatic heterocycles. The summed E-state index contributed by atoms with van der Waals surface area (Å²) in [5, 5.41) is 23.6. The average molecular weight is 708 g/mol. The van der Waals surface area contributed by atoms with Crippen LogP contribution in [0.4, 0.5) is 0 Å². The first kappa shape index (κ1) is 48.6. The van der Waals surface area contributed by atoms with E-state index < -0.39 is 18.2 Å². The first-order chi connectivity index (χ1) is 24.5. The molecule has 50 heavy (non-hydrogen) atoms. The van der Waals surface area contributed by atoms with Crippen LogP contribution < -0.4 is 5.32 Å². The summed E-state index contributed by atoms with van der Waals surface area (Å²) < 4.78 is 5.86. The Morgan fingerprint density at radius 2 is 0.980 bits per heavy atom. The van der Waals surface area contributed by atoms with Gasteiger partial charge in [-0.05, 0) is 44.9 Å². The summed E-state index contributed by atoms with van der Waals surface area (Å²) in [5.41, 5.74) is 0. The lowest BCUT2D eigenvalue weighted by molar-refractivity contribution is -0.151. The van der Waals surface area contributed by atoms with E-state index in [9.17, 15) is 19.8 Å². The fraction of sp³-hybridized carbons (Fsp3) is 0.909. The molecule has 0 aromatic carbocycles. The Morgan fingerprint density at radius 3 is 1.48 bits per heavy atom. The molecule has 0 fully saturated rings. The van der Waals surface area contributed by atoms with Crippen molar-refractivity contribution in [3.8, 4) is 0 Å². The normalized spacial score (nSPS) is 13.5. The van der Waals surface area contributed by atoms with Crippen molar-refractivity contribution in [2.24, 2.45) is 0 Å². The predicted molar refractivity (Wildman–Crippen MR) is 213 cm³/mol. The topological polar surface area (TPSA) is 95.9 Å². The largest absolute Gasteiger partial charge is 0.462 e. The van der Waals surface area contributed by atoms with E-state index in [1.165, 1.54) is 122 Å². The Hall–Kier alpha value is -1.40. The van der Waals surface area contributed by atoms with Crippen molar-refractivity contribution in [1.29, 1.82) is 0 Å². The lowest BCUT2D eigenvalue weighted by Crippen LogP contribution is -2.46. The molecule has 3 atom stereocenters. The Kier molecular flexibility index (Phi) is 37.7. The van der Waals surface area contributed by atoms with Crippen LogP contribution >= 0.6 is 0 Å². The quantitative estimate of drug-likeness (QED) is 0.0336. The number of amides is 1. The molecule has 296 valence electrons. The maximum Gasteiger partial charge on any atom is 0.306 e. The number of nitrogens with one attached hydrogen (secondary N) is 1. The number of aliphatic hydroxyl groups excluding tert-OH is 2. The minimum atomic E-state index is -0.783. The number of esters is 1. The van der Waals surface area contributed by atoms with E-state index in [0.717, 1.165) is 64.2 Å². The van der Waals surface area contributed by atoms with Crippen LogP contribution in [0, 0.1) is 0 Å². The third-order valence-electron chi connectivity index (χ3n) is 10.1. The van der Waals surface area contributed by atoms with Crippen LogP contribution in [0.2, 0.25) is 0 Å². The minimum absolute atomic E-state index is 0.0719. The van der Waals surface area contributed by atoms with Gasteiger partial charge in [-0.25, -0.2) is 0 Å². The molecule has 1 amide bonds. The number of hydrogen-bond acceptors (Lipinski definition) is 5. The van der Waals surface area contributed by atoms with Crippen LogP contribution in [-0.2, 0) is 14.3 Å². The van der Waals surface area contributed by atoms with Crippen LogP contribution in [0.1, 0.15) is 233 Å². The minimum Gasteiger partial charge on any atom is -0.462 e. The summed E-state index contributed by atoms with van der Waals surface area (Å²) >= 11 is 0. The molecule has 0 aliphatic heterocycles. The van der Waals surface area contributed by atoms with Gasteiger partial charge in [-0.1, -0.05) is 187 Å². The summed E-state index contributed by atoms with van der Waals surface area (Å²) in [7, 11) is 0. The highest BCUT2D eigenvalue weighted by Crippen LogP contribution is 2.17. The third-order valence-corrected chi connectivity index (χ3v) is 10.1. The fourth-order valence-corrected chi connectivity index (χ4v) is 6.70. The van der Waals surface area contributed by atoms with Crippen molar-refractivity contribution in [2.75, 3.05) is 6.61 Å². The van der Waals surface area contributed by atoms with E-state index in [-0.39, 0.29) is 24.9 Å². The second-order valence-corrected chi connectivity index (χ2v) is 15.1. The molecule has 0 radical (unpaired) electrons. The van der Waals surface area contributed by atoms with Gasteiger partial charge in [-0.15, -0.1) is 0 Å². The molecule has 6 heteroatoms. The fourth-order valence-electron chi connectivity index (χ4n) is 6.70. The highest BCUT2D eigenvalue weighted by Gasteiger charge is 2.24. The summed E-state index contributed by atoms with van der Waals surface area (Å²) in [6.07, 6.45) is 39.9. The predicted octanol–water partition coefficient (Wildman–Crippen LogP) is 12.2. The number of unbranched alkanes of at least 4 members (excludes halogenated alkanes) is 25. The standard InChI is InChI=1S/C44H85NO5/c1-4-7-10-13-16-19-21-22-24-27-30-33-36-42(47)41(39-46)45-43(48)38-40(35-32-29-26-23-18-15-12-9-6-3)50-44(49)37-34-31-28-25-20-17-14-11-8-5-2/h15,18,40-42,46-47H,4-14,16-17,19-39H2,1-3H3,(H,45,48)/b18-15-. The van der Waals surface area contributed by atoms with Crippen molar-refractivity contribution in [3.05, 3.63) is 12.2 Å². The molecule has 3 unspecified atom stereocenters. The zero-order valence-electron chi connectivity index (χ0n) is 33.5. The van der Waals surface area contributed by atoms with Gasteiger partial charge < -0.3 is 20.3 Å². The highest BCUT2D eigenvalue weighted by atomic mass is 16.5. The van der Waals surface area contributed by atoms with Gasteiger partial charge in [0.05, 0.1) is 25.2 Å². The first-order valence-electron chi connectivity index (χ1n) is 21.9. The number of ether oxygens (including phenoxy) is 1. The molecule has 0 bridgehead atoms. The van der Waals surface area contributed by atoms with Gasteiger partial charge in [-0.2, -0.15) is 0 Å². The van der Waals surface area contributed by atoms with E-state index in [1.807, 2.05) is 0 Å². The van der Waals surface area contributed by atoms with Crippen LogP contribution in [-0.4, -0.2) is 46.9 Å². The Morgan fingerprint density at radius 1 is 0.560 bits per heavy atom. The highest BCUT2D eigenvalue weighted by molar-refractivity contribution is 5.77. The molecule has 0 saturated heterocycles. The number of hydrogen-bond donors (Lipinski definition) is 3. The van der Waals surface area contributed by atoms with Crippen molar-refractivity contribution in [2.45, 2.75) is 251 Å². The van der Waals surface area contributed by atoms with Crippen molar-refractivity contribution < 1.29 is 24.5 Å². The zero-order valence-corrected chi connectivity index (χ0v) is 33.5. The Labute approximate surface area is 310 Å². The monoisotopic (exact) mass is 708 g/mol. The molecular weight excluding hydrogens is 622 g/mol. The van der Waals surface area contributed by atoms with Gasteiger partial charge in [0, 0.05) is 6.42 Å². The lowest BCUT2D eigenvalue weighted by Gasteiger charge is -2.24. The molecule has 0 heterocycles.